The minimum absolute atomic E-state index is 0.0152. The van der Waals surface area contributed by atoms with Crippen LogP contribution in [0.25, 0.3) is 0 Å². The number of ether oxygens (including phenoxy) is 3. The average Bonchev–Trinajstić information content (AvgIpc) is 3.41. The Labute approximate surface area is 218 Å². The van der Waals surface area contributed by atoms with Gasteiger partial charge in [0.15, 0.2) is 6.29 Å². The van der Waals surface area contributed by atoms with E-state index in [0.717, 1.165) is 56.9 Å². The van der Waals surface area contributed by atoms with Gasteiger partial charge in [-0.15, -0.1) is 0 Å². The zero-order valence-corrected chi connectivity index (χ0v) is 22.1. The Morgan fingerprint density at radius 2 is 1.76 bits per heavy atom. The van der Waals surface area contributed by atoms with Gasteiger partial charge in [0.25, 0.3) is 0 Å². The van der Waals surface area contributed by atoms with Gasteiger partial charge >= 0.3 is 5.97 Å². The van der Waals surface area contributed by atoms with Crippen molar-refractivity contribution in [3.63, 3.8) is 0 Å². The molecule has 8 nitrogen and oxygen atoms in total. The average molecular weight is 519 g/mol. The van der Waals surface area contributed by atoms with E-state index in [4.69, 9.17) is 14.2 Å². The number of aliphatic hydroxyl groups excluding tert-OH is 3. The normalized spacial score (nSPS) is 53.5. The van der Waals surface area contributed by atoms with Crippen LogP contribution in [0.1, 0.15) is 72.1 Å². The molecule has 206 valence electrons. The van der Waals surface area contributed by atoms with Crippen LogP contribution < -0.4 is 0 Å². The first-order chi connectivity index (χ1) is 17.5. The van der Waals surface area contributed by atoms with Gasteiger partial charge in [0.2, 0.25) is 0 Å². The molecule has 6 aliphatic rings. The van der Waals surface area contributed by atoms with Crippen molar-refractivity contribution >= 4 is 5.97 Å². The van der Waals surface area contributed by atoms with Gasteiger partial charge in [0.05, 0.1) is 17.8 Å². The van der Waals surface area contributed by atoms with Crippen molar-refractivity contribution < 1.29 is 39.4 Å². The number of rotatable bonds is 3. The summed E-state index contributed by atoms with van der Waals surface area (Å²) < 4.78 is 17.0. The van der Waals surface area contributed by atoms with Crippen molar-refractivity contribution in [3.8, 4) is 0 Å². The van der Waals surface area contributed by atoms with E-state index in [1.165, 1.54) is 5.57 Å². The smallest absolute Gasteiger partial charge is 0.331 e. The Balaban J connectivity index is 1.20. The van der Waals surface area contributed by atoms with Crippen LogP contribution in [0.5, 0.6) is 0 Å². The zero-order valence-electron chi connectivity index (χ0n) is 22.1. The standard InChI is InChI=1S/C29H42O8/c1-15-23(31)24(32)25(33)26(36-15)37-18-6-9-27(2)17(13-18)4-5-21-20(27)7-10-28(3)19(8-11-29(21,28)34)16-12-22(30)35-14-16/h12-13,15,18-21,23-26,31-34H,4-11,14H2,1-3H3/t15-,18-,19+,20-,21+,23-,24+,25+,26+,27-,28+,29-/m0/s1. The van der Waals surface area contributed by atoms with Crippen LogP contribution >= 0.6 is 0 Å². The maximum Gasteiger partial charge on any atom is 0.331 e. The summed E-state index contributed by atoms with van der Waals surface area (Å²) >= 11 is 0. The largest absolute Gasteiger partial charge is 0.458 e. The van der Waals surface area contributed by atoms with E-state index < -0.39 is 36.3 Å². The predicted molar refractivity (Wildman–Crippen MR) is 133 cm³/mol. The lowest BCUT2D eigenvalue weighted by molar-refractivity contribution is -0.301. The van der Waals surface area contributed by atoms with Crippen LogP contribution in [0.3, 0.4) is 0 Å². The molecule has 0 aromatic carbocycles. The summed E-state index contributed by atoms with van der Waals surface area (Å²) in [5.41, 5.74) is 1.41. The predicted octanol–water partition coefficient (Wildman–Crippen LogP) is 2.38. The number of carbonyl (C=O) groups is 1. The first kappa shape index (κ1) is 26.0. The molecule has 0 bridgehead atoms. The Morgan fingerprint density at radius 3 is 2.49 bits per heavy atom. The number of hydrogen-bond acceptors (Lipinski definition) is 8. The number of cyclic esters (lactones) is 1. The molecule has 1 saturated heterocycles. The molecule has 3 saturated carbocycles. The molecular weight excluding hydrogens is 476 g/mol. The molecule has 6 rings (SSSR count). The zero-order chi connectivity index (χ0) is 26.3. The minimum atomic E-state index is -1.30. The molecule has 2 aliphatic heterocycles. The van der Waals surface area contributed by atoms with Gasteiger partial charge in [-0.1, -0.05) is 25.5 Å². The molecule has 0 spiro atoms. The molecule has 4 aliphatic carbocycles. The first-order valence-corrected chi connectivity index (χ1v) is 14.1. The van der Waals surface area contributed by atoms with E-state index in [2.05, 4.69) is 19.9 Å². The minimum Gasteiger partial charge on any atom is -0.458 e. The molecule has 2 heterocycles. The van der Waals surface area contributed by atoms with Crippen LogP contribution in [-0.2, 0) is 19.0 Å². The van der Waals surface area contributed by atoms with E-state index in [1.54, 1.807) is 13.0 Å². The second-order valence-corrected chi connectivity index (χ2v) is 13.1. The summed E-state index contributed by atoms with van der Waals surface area (Å²) in [5, 5.41) is 42.9. The van der Waals surface area contributed by atoms with Crippen LogP contribution in [-0.4, -0.2) is 75.4 Å². The second kappa shape index (κ2) is 8.86. The van der Waals surface area contributed by atoms with Gasteiger partial charge in [0, 0.05) is 11.5 Å². The third-order valence-electron chi connectivity index (χ3n) is 11.5. The first-order valence-electron chi connectivity index (χ1n) is 14.1. The van der Waals surface area contributed by atoms with E-state index >= 15 is 0 Å². The summed E-state index contributed by atoms with van der Waals surface area (Å²) in [6.45, 7) is 6.62. The molecular formula is C29H42O8. The summed E-state index contributed by atoms with van der Waals surface area (Å²) in [4.78, 5) is 11.8. The molecule has 37 heavy (non-hydrogen) atoms. The SMILES string of the molecule is C[C@@H]1O[C@H](O[C@@H]2C=C3CC[C@@H]4[C@H](CC[C@]5(C)[C@@H](C6=CC(=O)OC6)CC[C@]45O)[C@@]3(C)CC2)[C@H](O)[C@H](O)[C@H]1O. The Bertz CT molecular complexity index is 1010. The highest BCUT2D eigenvalue weighted by Gasteiger charge is 2.67. The molecule has 0 aromatic heterocycles. The Hall–Kier alpha value is -1.29. The molecule has 12 atom stereocenters. The summed E-state index contributed by atoms with van der Waals surface area (Å²) in [5.74, 6) is 0.537. The van der Waals surface area contributed by atoms with Crippen molar-refractivity contribution in [3.05, 3.63) is 23.3 Å². The number of carbonyl (C=O) groups excluding carboxylic acids is 1. The summed E-state index contributed by atoms with van der Waals surface area (Å²) in [7, 11) is 0. The molecule has 0 amide bonds. The lowest BCUT2D eigenvalue weighted by atomic mass is 9.45. The van der Waals surface area contributed by atoms with Gasteiger partial charge in [-0.25, -0.2) is 4.79 Å². The number of fused-ring (bicyclic) bond motifs is 5. The van der Waals surface area contributed by atoms with Gasteiger partial charge in [-0.3, -0.25) is 0 Å². The highest BCUT2D eigenvalue weighted by molar-refractivity contribution is 5.85. The van der Waals surface area contributed by atoms with Crippen molar-refractivity contribution in [1.29, 1.82) is 0 Å². The molecule has 0 unspecified atom stereocenters. The number of esters is 1. The molecule has 0 aromatic rings. The maximum atomic E-state index is 12.3. The van der Waals surface area contributed by atoms with E-state index in [9.17, 15) is 25.2 Å². The fourth-order valence-corrected chi connectivity index (χ4v) is 9.26. The van der Waals surface area contributed by atoms with Gasteiger partial charge < -0.3 is 34.6 Å². The van der Waals surface area contributed by atoms with Gasteiger partial charge in [-0.05, 0) is 87.0 Å². The monoisotopic (exact) mass is 518 g/mol. The third-order valence-corrected chi connectivity index (χ3v) is 11.5. The van der Waals surface area contributed by atoms with Gasteiger partial charge in [-0.2, -0.15) is 0 Å². The third kappa shape index (κ3) is 3.74. The summed E-state index contributed by atoms with van der Waals surface area (Å²) in [6.07, 6.45) is 5.44. The van der Waals surface area contributed by atoms with Crippen molar-refractivity contribution in [2.75, 3.05) is 6.61 Å². The number of hydrogen-bond donors (Lipinski definition) is 4. The molecule has 4 N–H and O–H groups in total. The van der Waals surface area contributed by atoms with E-state index in [-0.39, 0.29) is 34.7 Å². The quantitative estimate of drug-likeness (QED) is 0.332. The fraction of sp³-hybridized carbons (Fsp3) is 0.828. The van der Waals surface area contributed by atoms with E-state index in [1.807, 2.05) is 0 Å². The number of allylic oxidation sites excluding steroid dienone is 1. The lowest BCUT2D eigenvalue weighted by Crippen LogP contribution is -2.61. The van der Waals surface area contributed by atoms with E-state index in [0.29, 0.717) is 12.5 Å². The highest BCUT2D eigenvalue weighted by atomic mass is 16.7. The van der Waals surface area contributed by atoms with Crippen LogP contribution in [0.4, 0.5) is 0 Å². The molecule has 8 heteroatoms. The van der Waals surface area contributed by atoms with Crippen molar-refractivity contribution in [1.82, 2.24) is 0 Å². The van der Waals surface area contributed by atoms with Gasteiger partial charge in [0.1, 0.15) is 24.9 Å². The van der Waals surface area contributed by atoms with Crippen molar-refractivity contribution in [2.45, 2.75) is 115 Å². The Kier molecular flexibility index (Phi) is 6.22. The fourth-order valence-electron chi connectivity index (χ4n) is 9.26. The van der Waals surface area contributed by atoms with Crippen LogP contribution in [0.15, 0.2) is 23.3 Å². The lowest BCUT2D eigenvalue weighted by Gasteiger charge is -2.62. The molecule has 0 radical (unpaired) electrons. The number of aliphatic hydroxyl groups is 4. The summed E-state index contributed by atoms with van der Waals surface area (Å²) in [6, 6.07) is 0. The van der Waals surface area contributed by atoms with Crippen LogP contribution in [0, 0.1) is 28.6 Å². The Morgan fingerprint density at radius 1 is 0.973 bits per heavy atom. The maximum absolute atomic E-state index is 12.3. The topological polar surface area (TPSA) is 126 Å². The van der Waals surface area contributed by atoms with Crippen LogP contribution in [0.2, 0.25) is 0 Å². The molecule has 4 fully saturated rings. The van der Waals surface area contributed by atoms with Crippen molar-refractivity contribution in [2.24, 2.45) is 28.6 Å². The highest BCUT2D eigenvalue weighted by Crippen LogP contribution is 2.69. The second-order valence-electron chi connectivity index (χ2n) is 13.1.